The van der Waals surface area contributed by atoms with Gasteiger partial charge in [0.2, 0.25) is 0 Å². The minimum absolute atomic E-state index is 0.0836. The molecule has 0 aromatic heterocycles. The van der Waals surface area contributed by atoms with Gasteiger partial charge in [-0.3, -0.25) is 37.3 Å². The molecule has 0 aromatic rings. The predicted molar refractivity (Wildman–Crippen MR) is 367 cm³/mol. The van der Waals surface area contributed by atoms with E-state index in [0.717, 1.165) is 127 Å². The average molecular weight is 1340 g/mol. The van der Waals surface area contributed by atoms with Crippen LogP contribution in [0.5, 0.6) is 0 Å². The van der Waals surface area contributed by atoms with Crippen LogP contribution in [0.4, 0.5) is 0 Å². The highest BCUT2D eigenvalue weighted by Gasteiger charge is 2.30. The maximum Gasteiger partial charge on any atom is 0.472 e. The molecule has 0 spiro atoms. The second-order valence-electron chi connectivity index (χ2n) is 26.3. The fourth-order valence-corrected chi connectivity index (χ4v) is 11.9. The lowest BCUT2D eigenvalue weighted by atomic mass is 9.99. The van der Waals surface area contributed by atoms with Crippen molar-refractivity contribution in [3.8, 4) is 0 Å². The number of carbonyl (C=O) groups excluding carboxylic acids is 4. The molecule has 0 aliphatic carbocycles. The molecule has 0 rings (SSSR count). The van der Waals surface area contributed by atoms with Crippen LogP contribution in [0.3, 0.4) is 0 Å². The Bertz CT molecular complexity index is 1880. The lowest BCUT2D eigenvalue weighted by molar-refractivity contribution is -0.161. The Morgan fingerprint density at radius 3 is 0.978 bits per heavy atom. The third-order valence-corrected chi connectivity index (χ3v) is 18.6. The standard InChI is InChI=1S/C72H136O17P2/c1-8-11-12-13-14-15-16-17-18-19-22-26-32-41-48-55-71(76)88-68(60-83-70(75)54-47-40-35-34-38-45-52-65(7)10-3)62-87-91(80,81)85-58-66(73)57-84-90(78,79)86-61-67(89-72(77)56-49-42-33-28-27-30-37-44-51-64(6)9-2)59-82-69(74)53-46-39-31-25-23-20-21-24-29-36-43-50-63(4)5/h15-18,63-68,73H,8-14,19-62H2,1-7H3,(H,78,79)(H,80,81)/b16-15-,18-17-/t64?,65?,66-,67-,68-/m1/s1. The summed E-state index contributed by atoms with van der Waals surface area (Å²) >= 11 is 0. The van der Waals surface area contributed by atoms with Crippen molar-refractivity contribution < 1.29 is 80.2 Å². The predicted octanol–water partition coefficient (Wildman–Crippen LogP) is 20.2. The first-order chi connectivity index (χ1) is 43.8. The van der Waals surface area contributed by atoms with E-state index < -0.39 is 97.5 Å². The van der Waals surface area contributed by atoms with Gasteiger partial charge in [0.1, 0.15) is 19.3 Å². The number of carbonyl (C=O) groups is 4. The van der Waals surface area contributed by atoms with Crippen molar-refractivity contribution in [2.75, 3.05) is 39.6 Å². The summed E-state index contributed by atoms with van der Waals surface area (Å²) in [7, 11) is -9.92. The van der Waals surface area contributed by atoms with Gasteiger partial charge in [0, 0.05) is 25.7 Å². The first kappa shape index (κ1) is 88.5. The Kier molecular flexibility index (Phi) is 60.7. The molecule has 0 fully saturated rings. The second kappa shape index (κ2) is 62.4. The summed E-state index contributed by atoms with van der Waals surface area (Å²) in [6.07, 6.45) is 49.3. The maximum atomic E-state index is 13.0. The number of rotatable bonds is 68. The molecular formula is C72H136O17P2. The zero-order chi connectivity index (χ0) is 67.3. The van der Waals surface area contributed by atoms with Crippen molar-refractivity contribution in [2.24, 2.45) is 17.8 Å². The topological polar surface area (TPSA) is 237 Å². The van der Waals surface area contributed by atoms with Gasteiger partial charge < -0.3 is 33.8 Å². The molecular weight excluding hydrogens is 1200 g/mol. The third kappa shape index (κ3) is 63.4. The molecule has 0 saturated heterocycles. The molecule has 0 aliphatic heterocycles. The van der Waals surface area contributed by atoms with E-state index in [-0.39, 0.29) is 25.7 Å². The summed E-state index contributed by atoms with van der Waals surface area (Å²) in [5.41, 5.74) is 0. The summed E-state index contributed by atoms with van der Waals surface area (Å²) in [4.78, 5) is 72.6. The van der Waals surface area contributed by atoms with Gasteiger partial charge in [0.15, 0.2) is 12.2 Å². The molecule has 0 aromatic carbocycles. The zero-order valence-corrected chi connectivity index (χ0v) is 60.6. The molecule has 0 heterocycles. The lowest BCUT2D eigenvalue weighted by Crippen LogP contribution is -2.30. The van der Waals surface area contributed by atoms with Crippen LogP contribution in [0, 0.1) is 17.8 Å². The molecule has 19 heteroatoms. The molecule has 0 aliphatic rings. The first-order valence-corrected chi connectivity index (χ1v) is 39.7. The Hall–Kier alpha value is -2.46. The molecule has 3 N–H and O–H groups in total. The zero-order valence-electron chi connectivity index (χ0n) is 58.8. The van der Waals surface area contributed by atoms with Crippen LogP contribution in [-0.4, -0.2) is 96.7 Å². The van der Waals surface area contributed by atoms with Crippen LogP contribution in [-0.2, 0) is 65.4 Å². The molecule has 0 amide bonds. The highest BCUT2D eigenvalue weighted by Crippen LogP contribution is 2.45. The molecule has 7 atom stereocenters. The van der Waals surface area contributed by atoms with Gasteiger partial charge in [0.05, 0.1) is 26.4 Å². The average Bonchev–Trinajstić information content (AvgIpc) is 3.06. The van der Waals surface area contributed by atoms with E-state index in [2.05, 4.69) is 72.8 Å². The van der Waals surface area contributed by atoms with Gasteiger partial charge in [-0.1, -0.05) is 285 Å². The smallest absolute Gasteiger partial charge is 0.462 e. The van der Waals surface area contributed by atoms with Crippen molar-refractivity contribution >= 4 is 39.5 Å². The van der Waals surface area contributed by atoms with Crippen LogP contribution < -0.4 is 0 Å². The fraction of sp³-hybridized carbons (Fsp3) is 0.889. The molecule has 0 saturated carbocycles. The molecule has 536 valence electrons. The second-order valence-corrected chi connectivity index (χ2v) is 29.2. The van der Waals surface area contributed by atoms with E-state index in [0.29, 0.717) is 25.7 Å². The molecule has 4 unspecified atom stereocenters. The van der Waals surface area contributed by atoms with Gasteiger partial charge in [-0.2, -0.15) is 0 Å². The van der Waals surface area contributed by atoms with E-state index in [1.54, 1.807) is 0 Å². The van der Waals surface area contributed by atoms with Crippen LogP contribution in [0.1, 0.15) is 337 Å². The minimum Gasteiger partial charge on any atom is -0.462 e. The van der Waals surface area contributed by atoms with Crippen LogP contribution in [0.25, 0.3) is 0 Å². The van der Waals surface area contributed by atoms with Crippen molar-refractivity contribution in [2.45, 2.75) is 356 Å². The van der Waals surface area contributed by atoms with Gasteiger partial charge in [0.25, 0.3) is 0 Å². The van der Waals surface area contributed by atoms with E-state index in [9.17, 15) is 43.2 Å². The van der Waals surface area contributed by atoms with Gasteiger partial charge in [-0.25, -0.2) is 9.13 Å². The monoisotopic (exact) mass is 1330 g/mol. The Morgan fingerprint density at radius 1 is 0.363 bits per heavy atom. The number of ether oxygens (including phenoxy) is 4. The van der Waals surface area contributed by atoms with Gasteiger partial charge >= 0.3 is 39.5 Å². The van der Waals surface area contributed by atoms with E-state index in [1.165, 1.54) is 128 Å². The quantitative estimate of drug-likeness (QED) is 0.0169. The number of aliphatic hydroxyl groups is 1. The number of aliphatic hydroxyl groups excluding tert-OH is 1. The maximum absolute atomic E-state index is 13.0. The summed E-state index contributed by atoms with van der Waals surface area (Å²) < 4.78 is 68.3. The van der Waals surface area contributed by atoms with Crippen LogP contribution in [0.2, 0.25) is 0 Å². The highest BCUT2D eigenvalue weighted by molar-refractivity contribution is 7.47. The number of esters is 4. The number of phosphoric ester groups is 2. The Morgan fingerprint density at radius 2 is 0.648 bits per heavy atom. The van der Waals surface area contributed by atoms with Crippen LogP contribution >= 0.6 is 15.6 Å². The lowest BCUT2D eigenvalue weighted by Gasteiger charge is -2.21. The number of hydrogen-bond donors (Lipinski definition) is 3. The molecule has 17 nitrogen and oxygen atoms in total. The van der Waals surface area contributed by atoms with Crippen molar-refractivity contribution in [1.82, 2.24) is 0 Å². The van der Waals surface area contributed by atoms with Crippen LogP contribution in [0.15, 0.2) is 24.3 Å². The van der Waals surface area contributed by atoms with Crippen molar-refractivity contribution in [3.05, 3.63) is 24.3 Å². The summed E-state index contributed by atoms with van der Waals surface area (Å²) in [6, 6.07) is 0. The molecule has 91 heavy (non-hydrogen) atoms. The Labute approximate surface area is 554 Å². The molecule has 0 bridgehead atoms. The number of allylic oxidation sites excluding steroid dienone is 4. The summed E-state index contributed by atoms with van der Waals surface area (Å²) in [6.45, 7) is 11.8. The normalized spacial score (nSPS) is 14.9. The minimum atomic E-state index is -4.96. The number of hydrogen-bond acceptors (Lipinski definition) is 15. The Balaban J connectivity index is 5.30. The summed E-state index contributed by atoms with van der Waals surface area (Å²) in [5, 5.41) is 10.6. The number of phosphoric acid groups is 2. The van der Waals surface area contributed by atoms with Gasteiger partial charge in [-0.05, 0) is 69.1 Å². The van der Waals surface area contributed by atoms with E-state index in [1.807, 2.05) is 0 Å². The third-order valence-electron chi connectivity index (χ3n) is 16.7. The van der Waals surface area contributed by atoms with E-state index >= 15 is 0 Å². The fourth-order valence-electron chi connectivity index (χ4n) is 10.3. The first-order valence-electron chi connectivity index (χ1n) is 36.7. The van der Waals surface area contributed by atoms with Crippen molar-refractivity contribution in [1.29, 1.82) is 0 Å². The highest BCUT2D eigenvalue weighted by atomic mass is 31.2. The summed E-state index contributed by atoms with van der Waals surface area (Å²) in [5.74, 6) is 0.108. The van der Waals surface area contributed by atoms with Gasteiger partial charge in [-0.15, -0.1) is 0 Å². The molecule has 0 radical (unpaired) electrons. The van der Waals surface area contributed by atoms with E-state index in [4.69, 9.17) is 37.0 Å². The largest absolute Gasteiger partial charge is 0.472 e. The SMILES string of the molecule is CCCCCC/C=C\C=C/CCCCCCCC(=O)O[C@H](COC(=O)CCCCCCCCC(C)CC)COP(=O)(O)OC[C@H](O)COP(=O)(O)OC[C@@H](COC(=O)CCCCCCCCCCCCCC(C)C)OC(=O)CCCCCCCCCCC(C)CC. The number of unbranched alkanes of at least 4 members (excludes halogenated alkanes) is 31. The van der Waals surface area contributed by atoms with Crippen molar-refractivity contribution in [3.63, 3.8) is 0 Å².